The first kappa shape index (κ1) is 27.1. The van der Waals surface area contributed by atoms with Gasteiger partial charge in [0.1, 0.15) is 0 Å². The third-order valence-corrected chi connectivity index (χ3v) is 7.48. The number of rotatable bonds is 8. The van der Waals surface area contributed by atoms with E-state index in [-0.39, 0.29) is 17.0 Å². The molecule has 0 saturated carbocycles. The topological polar surface area (TPSA) is 78.8 Å². The summed E-state index contributed by atoms with van der Waals surface area (Å²) in [5.74, 6) is -0.794. The van der Waals surface area contributed by atoms with Gasteiger partial charge in [0.2, 0.25) is 10.0 Å². The van der Waals surface area contributed by atoms with E-state index < -0.39 is 34.2 Å². The Balaban J connectivity index is 1.87. The zero-order valence-corrected chi connectivity index (χ0v) is 20.8. The molecule has 0 fully saturated rings. The number of hydrazone groups is 1. The van der Waals surface area contributed by atoms with Crippen molar-refractivity contribution in [3.05, 3.63) is 100 Å². The number of benzene rings is 3. The van der Waals surface area contributed by atoms with E-state index in [1.54, 1.807) is 56.3 Å². The molecule has 0 aliphatic heterocycles. The second-order valence-electron chi connectivity index (χ2n) is 8.36. The van der Waals surface area contributed by atoms with Crippen molar-refractivity contribution in [3.63, 3.8) is 0 Å². The number of alkyl halides is 3. The first-order chi connectivity index (χ1) is 16.9. The van der Waals surface area contributed by atoms with Crippen LogP contribution in [0.3, 0.4) is 0 Å². The monoisotopic (exact) mass is 517 g/mol. The second kappa shape index (κ2) is 11.0. The summed E-state index contributed by atoms with van der Waals surface area (Å²) in [5, 5.41) is 3.63. The molecule has 1 N–H and O–H groups in total. The fraction of sp³-hybridized carbons (Fsp3) is 0.231. The Kier molecular flexibility index (Phi) is 8.31. The average molecular weight is 518 g/mol. The fourth-order valence-electron chi connectivity index (χ4n) is 3.95. The minimum absolute atomic E-state index is 0.0794. The van der Waals surface area contributed by atoms with Gasteiger partial charge in [-0.3, -0.25) is 4.79 Å². The number of hydrogen-bond acceptors (Lipinski definition) is 4. The molecule has 0 bridgehead atoms. The molecule has 3 aromatic carbocycles. The van der Waals surface area contributed by atoms with Crippen molar-refractivity contribution in [2.75, 3.05) is 6.54 Å². The summed E-state index contributed by atoms with van der Waals surface area (Å²) in [6, 6.07) is 17.1. The lowest BCUT2D eigenvalue weighted by Gasteiger charge is -2.24. The minimum Gasteiger partial charge on any atom is -0.272 e. The lowest BCUT2D eigenvalue weighted by atomic mass is 10.1. The summed E-state index contributed by atoms with van der Waals surface area (Å²) in [6.07, 6.45) is -3.71. The summed E-state index contributed by atoms with van der Waals surface area (Å²) in [7, 11) is -4.10. The number of carbonyl (C=O) groups excluding carboxylic acids is 1. The number of halogens is 3. The molecule has 3 rings (SSSR count). The van der Waals surface area contributed by atoms with Gasteiger partial charge in [-0.05, 0) is 43.5 Å². The molecule has 0 spiro atoms. The van der Waals surface area contributed by atoms with Crippen LogP contribution in [0.15, 0.2) is 76.7 Å². The third kappa shape index (κ3) is 6.58. The minimum atomic E-state index is -4.59. The van der Waals surface area contributed by atoms with E-state index in [9.17, 15) is 26.4 Å². The Morgan fingerprint density at radius 3 is 2.17 bits per heavy atom. The van der Waals surface area contributed by atoms with Gasteiger partial charge >= 0.3 is 6.18 Å². The lowest BCUT2D eigenvalue weighted by molar-refractivity contribution is -0.137. The largest absolute Gasteiger partial charge is 0.417 e. The normalized spacial score (nSPS) is 12.3. The van der Waals surface area contributed by atoms with Gasteiger partial charge in [-0.15, -0.1) is 0 Å². The molecule has 0 aromatic heterocycles. The molecule has 0 saturated heterocycles. The number of aryl methyl sites for hydroxylation is 3. The molecule has 10 heteroatoms. The molecule has 3 aromatic rings. The molecule has 6 nitrogen and oxygen atoms in total. The van der Waals surface area contributed by atoms with Crippen LogP contribution < -0.4 is 5.43 Å². The first-order valence-corrected chi connectivity index (χ1v) is 12.4. The zero-order valence-electron chi connectivity index (χ0n) is 20.0. The number of amides is 1. The van der Waals surface area contributed by atoms with Crippen LogP contribution in [-0.4, -0.2) is 31.4 Å². The average Bonchev–Trinajstić information content (AvgIpc) is 2.78. The van der Waals surface area contributed by atoms with Gasteiger partial charge in [0, 0.05) is 12.1 Å². The SMILES string of the molecule is Cc1cc(C)c(S(=O)(=O)N(CC(=O)N/N=C\c2ccccc2C(F)(F)F)Cc2ccccc2)c(C)c1. The van der Waals surface area contributed by atoms with Gasteiger partial charge in [0.15, 0.2) is 0 Å². The lowest BCUT2D eigenvalue weighted by Crippen LogP contribution is -2.39. The molecule has 0 unspecified atom stereocenters. The molecule has 1 amide bonds. The second-order valence-corrected chi connectivity index (χ2v) is 10.2. The number of carbonyl (C=O) groups is 1. The van der Waals surface area contributed by atoms with Crippen LogP contribution in [0.1, 0.15) is 33.4 Å². The fourth-order valence-corrected chi connectivity index (χ4v) is 5.75. The van der Waals surface area contributed by atoms with E-state index in [1.807, 2.05) is 6.92 Å². The van der Waals surface area contributed by atoms with Crippen LogP contribution in [0.2, 0.25) is 0 Å². The van der Waals surface area contributed by atoms with Gasteiger partial charge in [-0.2, -0.15) is 22.6 Å². The predicted molar refractivity (Wildman–Crippen MR) is 132 cm³/mol. The molecule has 0 aliphatic carbocycles. The van der Waals surface area contributed by atoms with Crippen LogP contribution in [-0.2, 0) is 27.5 Å². The van der Waals surface area contributed by atoms with Crippen molar-refractivity contribution in [1.82, 2.24) is 9.73 Å². The molecular formula is C26H26F3N3O3S. The summed E-state index contributed by atoms with van der Waals surface area (Å²) in [5.41, 5.74) is 3.68. The molecule has 0 radical (unpaired) electrons. The Morgan fingerprint density at radius 1 is 0.972 bits per heavy atom. The highest BCUT2D eigenvalue weighted by molar-refractivity contribution is 7.89. The van der Waals surface area contributed by atoms with Gasteiger partial charge in [-0.1, -0.05) is 66.2 Å². The summed E-state index contributed by atoms with van der Waals surface area (Å²) in [6.45, 7) is 4.58. The Morgan fingerprint density at radius 2 is 1.56 bits per heavy atom. The van der Waals surface area contributed by atoms with Crippen molar-refractivity contribution in [1.29, 1.82) is 0 Å². The van der Waals surface area contributed by atoms with Crippen LogP contribution >= 0.6 is 0 Å². The molecule has 36 heavy (non-hydrogen) atoms. The van der Waals surface area contributed by atoms with E-state index in [2.05, 4.69) is 10.5 Å². The van der Waals surface area contributed by atoms with Crippen molar-refractivity contribution in [3.8, 4) is 0 Å². The highest BCUT2D eigenvalue weighted by atomic mass is 32.2. The van der Waals surface area contributed by atoms with E-state index in [0.29, 0.717) is 16.7 Å². The first-order valence-electron chi connectivity index (χ1n) is 11.0. The molecule has 0 aliphatic rings. The zero-order chi connectivity index (χ0) is 26.5. The number of nitrogens with zero attached hydrogens (tertiary/aromatic N) is 2. The maximum Gasteiger partial charge on any atom is 0.417 e. The van der Waals surface area contributed by atoms with Crippen molar-refractivity contribution in [2.45, 2.75) is 38.4 Å². The van der Waals surface area contributed by atoms with Crippen molar-refractivity contribution >= 4 is 22.1 Å². The summed E-state index contributed by atoms with van der Waals surface area (Å²) >= 11 is 0. The van der Waals surface area contributed by atoms with E-state index >= 15 is 0 Å². The van der Waals surface area contributed by atoms with Gasteiger partial charge in [-0.25, -0.2) is 13.8 Å². The molecule has 0 heterocycles. The Labute approximate surface area is 208 Å². The standard InChI is InChI=1S/C26H26F3N3O3S/c1-18-13-19(2)25(20(3)14-18)36(34,35)32(16-21-9-5-4-6-10-21)17-24(33)31-30-15-22-11-7-8-12-23(22)26(27,28)29/h4-15H,16-17H2,1-3H3,(H,31,33)/b30-15-. The van der Waals surface area contributed by atoms with Crippen LogP contribution in [0.5, 0.6) is 0 Å². The predicted octanol–water partition coefficient (Wildman–Crippen LogP) is 4.97. The van der Waals surface area contributed by atoms with Crippen LogP contribution in [0.25, 0.3) is 0 Å². The van der Waals surface area contributed by atoms with Crippen LogP contribution in [0.4, 0.5) is 13.2 Å². The Bertz CT molecular complexity index is 1350. The summed E-state index contributed by atoms with van der Waals surface area (Å²) < 4.78 is 67.9. The van der Waals surface area contributed by atoms with E-state index in [0.717, 1.165) is 22.1 Å². The highest BCUT2D eigenvalue weighted by Gasteiger charge is 2.33. The van der Waals surface area contributed by atoms with E-state index in [1.165, 1.54) is 18.2 Å². The summed E-state index contributed by atoms with van der Waals surface area (Å²) in [4.78, 5) is 12.8. The van der Waals surface area contributed by atoms with Gasteiger partial charge < -0.3 is 0 Å². The third-order valence-electron chi connectivity index (χ3n) is 5.38. The molecule has 190 valence electrons. The maximum absolute atomic E-state index is 13.7. The maximum atomic E-state index is 13.7. The van der Waals surface area contributed by atoms with Gasteiger partial charge in [0.25, 0.3) is 5.91 Å². The highest BCUT2D eigenvalue weighted by Crippen LogP contribution is 2.31. The molecular weight excluding hydrogens is 491 g/mol. The van der Waals surface area contributed by atoms with Crippen LogP contribution in [0, 0.1) is 20.8 Å². The quantitative estimate of drug-likeness (QED) is 0.339. The van der Waals surface area contributed by atoms with E-state index in [4.69, 9.17) is 0 Å². The smallest absolute Gasteiger partial charge is 0.272 e. The van der Waals surface area contributed by atoms with Crippen molar-refractivity contribution in [2.24, 2.45) is 5.10 Å². The number of nitrogens with one attached hydrogen (secondary N) is 1. The molecule has 0 atom stereocenters. The van der Waals surface area contributed by atoms with Crippen molar-refractivity contribution < 1.29 is 26.4 Å². The Hall–Kier alpha value is -3.50. The number of hydrogen-bond donors (Lipinski definition) is 1. The number of sulfonamides is 1. The van der Waals surface area contributed by atoms with Gasteiger partial charge in [0.05, 0.1) is 23.2 Å².